The van der Waals surface area contributed by atoms with Gasteiger partial charge in [0.2, 0.25) is 17.7 Å². The van der Waals surface area contributed by atoms with Gasteiger partial charge in [-0.3, -0.25) is 19.4 Å². The molecule has 0 N–H and O–H groups in total. The molecule has 0 bridgehead atoms. The van der Waals surface area contributed by atoms with Gasteiger partial charge < -0.3 is 19.0 Å². The molecule has 2 amide bonds. The van der Waals surface area contributed by atoms with Crippen LogP contribution < -0.4 is 0 Å². The summed E-state index contributed by atoms with van der Waals surface area (Å²) >= 11 is 1.54. The van der Waals surface area contributed by atoms with Crippen molar-refractivity contribution in [2.24, 2.45) is 0 Å². The number of rotatable bonds is 9. The number of nitrogens with zero attached hydrogens (tertiary/aromatic N) is 6. The summed E-state index contributed by atoms with van der Waals surface area (Å²) in [5.41, 5.74) is 0. The zero-order chi connectivity index (χ0) is 23.0. The van der Waals surface area contributed by atoms with Crippen LogP contribution in [0.5, 0.6) is 0 Å². The zero-order valence-electron chi connectivity index (χ0n) is 19.1. The number of morpholine rings is 1. The highest BCUT2D eigenvalue weighted by Gasteiger charge is 2.25. The van der Waals surface area contributed by atoms with E-state index in [4.69, 9.17) is 9.15 Å². The topological polar surface area (TPSA) is 95.2 Å². The third kappa shape index (κ3) is 6.59. The molecule has 2 aromatic rings. The first-order valence-electron chi connectivity index (χ1n) is 11.6. The van der Waals surface area contributed by atoms with Crippen LogP contribution in [0.4, 0.5) is 0 Å². The lowest BCUT2D eigenvalue weighted by atomic mass is 10.2. The molecule has 2 aliphatic heterocycles. The highest BCUT2D eigenvalue weighted by atomic mass is 32.1. The van der Waals surface area contributed by atoms with E-state index >= 15 is 0 Å². The normalized spacial score (nSPS) is 17.9. The fraction of sp³-hybridized carbons (Fsp3) is 0.636. The number of carbonyl (C=O) groups is 2. The molecule has 0 aliphatic carbocycles. The molecular weight excluding hydrogens is 444 g/mol. The molecule has 0 atom stereocenters. The summed E-state index contributed by atoms with van der Waals surface area (Å²) in [4.78, 5) is 34.4. The molecule has 180 valence electrons. The Morgan fingerprint density at radius 2 is 1.79 bits per heavy atom. The minimum absolute atomic E-state index is 0.0607. The highest BCUT2D eigenvalue weighted by Crippen LogP contribution is 2.23. The van der Waals surface area contributed by atoms with Crippen LogP contribution in [-0.2, 0) is 20.9 Å². The summed E-state index contributed by atoms with van der Waals surface area (Å²) in [5, 5.41) is 10.2. The lowest BCUT2D eigenvalue weighted by molar-refractivity contribution is -0.138. The molecule has 2 fully saturated rings. The van der Waals surface area contributed by atoms with Crippen molar-refractivity contribution in [2.45, 2.75) is 19.9 Å². The second-order valence-electron chi connectivity index (χ2n) is 8.34. The number of thiophene rings is 1. The van der Waals surface area contributed by atoms with Crippen molar-refractivity contribution in [2.75, 3.05) is 72.1 Å². The fourth-order valence-corrected chi connectivity index (χ4v) is 4.69. The molecule has 11 heteroatoms. The highest BCUT2D eigenvalue weighted by molar-refractivity contribution is 7.13. The minimum atomic E-state index is 0.0607. The number of carbonyl (C=O) groups excluding carboxylic acids is 2. The molecule has 4 rings (SSSR count). The average molecular weight is 477 g/mol. The van der Waals surface area contributed by atoms with E-state index in [1.165, 1.54) is 0 Å². The second kappa shape index (κ2) is 11.7. The summed E-state index contributed by atoms with van der Waals surface area (Å²) in [6, 6.07) is 3.88. The number of ether oxygens (including phenoxy) is 1. The van der Waals surface area contributed by atoms with Crippen LogP contribution in [0.2, 0.25) is 0 Å². The van der Waals surface area contributed by atoms with E-state index in [0.717, 1.165) is 37.5 Å². The summed E-state index contributed by atoms with van der Waals surface area (Å²) in [6.45, 7) is 9.50. The molecule has 2 saturated heterocycles. The Kier molecular flexibility index (Phi) is 8.43. The Morgan fingerprint density at radius 3 is 2.45 bits per heavy atom. The van der Waals surface area contributed by atoms with Crippen LogP contribution in [0.3, 0.4) is 0 Å². The van der Waals surface area contributed by atoms with Crippen LogP contribution >= 0.6 is 11.3 Å². The number of amides is 2. The Bertz CT molecular complexity index is 891. The van der Waals surface area contributed by atoms with E-state index in [2.05, 4.69) is 26.9 Å². The van der Waals surface area contributed by atoms with Crippen LogP contribution in [0.25, 0.3) is 10.8 Å². The van der Waals surface area contributed by atoms with Crippen molar-refractivity contribution < 1.29 is 18.7 Å². The van der Waals surface area contributed by atoms with Gasteiger partial charge >= 0.3 is 0 Å². The van der Waals surface area contributed by atoms with Crippen LogP contribution in [0.1, 0.15) is 19.2 Å². The maximum atomic E-state index is 13.0. The molecule has 0 saturated carbocycles. The van der Waals surface area contributed by atoms with E-state index < -0.39 is 0 Å². The lowest BCUT2D eigenvalue weighted by Crippen LogP contribution is -2.53. The zero-order valence-corrected chi connectivity index (χ0v) is 20.0. The Balaban J connectivity index is 1.24. The van der Waals surface area contributed by atoms with Crippen LogP contribution in [-0.4, -0.2) is 114 Å². The molecule has 33 heavy (non-hydrogen) atoms. The molecule has 0 spiro atoms. The summed E-state index contributed by atoms with van der Waals surface area (Å²) in [5.74, 6) is 1.17. The van der Waals surface area contributed by atoms with Gasteiger partial charge in [0, 0.05) is 45.8 Å². The predicted octanol–water partition coefficient (Wildman–Crippen LogP) is 1.01. The maximum absolute atomic E-state index is 13.0. The van der Waals surface area contributed by atoms with E-state index in [0.29, 0.717) is 64.3 Å². The van der Waals surface area contributed by atoms with Crippen molar-refractivity contribution in [3.63, 3.8) is 0 Å². The Labute approximate surface area is 198 Å². The van der Waals surface area contributed by atoms with Gasteiger partial charge in [0.05, 0.1) is 37.7 Å². The van der Waals surface area contributed by atoms with E-state index in [9.17, 15) is 9.59 Å². The quantitative estimate of drug-likeness (QED) is 0.529. The monoisotopic (exact) mass is 476 g/mol. The van der Waals surface area contributed by atoms with Gasteiger partial charge in [0.15, 0.2) is 0 Å². The van der Waals surface area contributed by atoms with Gasteiger partial charge in [-0.05, 0) is 17.9 Å². The maximum Gasteiger partial charge on any atom is 0.257 e. The Morgan fingerprint density at radius 1 is 1.06 bits per heavy atom. The first-order chi connectivity index (χ1) is 16.1. The molecule has 0 unspecified atom stereocenters. The molecule has 2 aromatic heterocycles. The van der Waals surface area contributed by atoms with E-state index in [1.807, 2.05) is 22.4 Å². The van der Waals surface area contributed by atoms with Crippen molar-refractivity contribution in [3.8, 4) is 10.8 Å². The minimum Gasteiger partial charge on any atom is -0.418 e. The standard InChI is InChI=1S/C22H32N6O4S/c1-2-5-28(15-19-23-24-22(32-19)18-4-3-14-33-18)21(30)17-26-8-6-25(7-9-26)16-20(29)27-10-12-31-13-11-27/h3-4,14H,2,5-13,15-17H2,1H3. The number of aromatic nitrogens is 2. The molecule has 0 aromatic carbocycles. The molecule has 4 heterocycles. The average Bonchev–Trinajstić information content (AvgIpc) is 3.53. The summed E-state index contributed by atoms with van der Waals surface area (Å²) < 4.78 is 11.1. The van der Waals surface area contributed by atoms with Crippen LogP contribution in [0.15, 0.2) is 21.9 Å². The van der Waals surface area contributed by atoms with Gasteiger partial charge in [-0.25, -0.2) is 0 Å². The van der Waals surface area contributed by atoms with Gasteiger partial charge in [-0.1, -0.05) is 13.0 Å². The molecule has 0 radical (unpaired) electrons. The van der Waals surface area contributed by atoms with Gasteiger partial charge in [0.25, 0.3) is 5.89 Å². The van der Waals surface area contributed by atoms with Crippen molar-refractivity contribution in [1.29, 1.82) is 0 Å². The van der Waals surface area contributed by atoms with Gasteiger partial charge in [0.1, 0.15) is 0 Å². The lowest BCUT2D eigenvalue weighted by Gasteiger charge is -2.36. The first-order valence-corrected chi connectivity index (χ1v) is 12.4. The van der Waals surface area contributed by atoms with Crippen molar-refractivity contribution >= 4 is 23.2 Å². The van der Waals surface area contributed by atoms with E-state index in [1.54, 1.807) is 16.2 Å². The fourth-order valence-electron chi connectivity index (χ4n) is 4.04. The molecule has 2 aliphatic rings. The molecular formula is C22H32N6O4S. The third-order valence-electron chi connectivity index (χ3n) is 5.92. The second-order valence-corrected chi connectivity index (χ2v) is 9.29. The summed E-state index contributed by atoms with van der Waals surface area (Å²) in [6.07, 6.45) is 0.856. The number of hydrogen-bond acceptors (Lipinski definition) is 9. The van der Waals surface area contributed by atoms with Gasteiger partial charge in [-0.2, -0.15) is 0 Å². The number of hydrogen-bond donors (Lipinski definition) is 0. The smallest absolute Gasteiger partial charge is 0.257 e. The largest absolute Gasteiger partial charge is 0.418 e. The van der Waals surface area contributed by atoms with Crippen LogP contribution in [0, 0.1) is 0 Å². The predicted molar refractivity (Wildman–Crippen MR) is 124 cm³/mol. The SMILES string of the molecule is CCCN(Cc1nnc(-c2cccs2)o1)C(=O)CN1CCN(CC(=O)N2CCOCC2)CC1. The van der Waals surface area contributed by atoms with Crippen molar-refractivity contribution in [3.05, 3.63) is 23.4 Å². The van der Waals surface area contributed by atoms with Crippen molar-refractivity contribution in [1.82, 2.24) is 29.8 Å². The third-order valence-corrected chi connectivity index (χ3v) is 6.78. The van der Waals surface area contributed by atoms with Gasteiger partial charge in [-0.15, -0.1) is 21.5 Å². The van der Waals surface area contributed by atoms with E-state index in [-0.39, 0.29) is 11.8 Å². The summed E-state index contributed by atoms with van der Waals surface area (Å²) in [7, 11) is 0. The molecule has 10 nitrogen and oxygen atoms in total. The first kappa shape index (κ1) is 23.8. The number of piperazine rings is 1. The Hall–Kier alpha value is -2.34.